The lowest BCUT2D eigenvalue weighted by molar-refractivity contribution is 0.0956. The Morgan fingerprint density at radius 1 is 0.975 bits per heavy atom. The molecule has 7 nitrogen and oxygen atoms in total. The Morgan fingerprint density at radius 3 is 2.17 bits per heavy atom. The number of rotatable bonds is 9. The molecule has 40 heavy (non-hydrogen) atoms. The van der Waals surface area contributed by atoms with Crippen LogP contribution in [0.15, 0.2) is 77.3 Å². The molecule has 10 heteroatoms. The van der Waals surface area contributed by atoms with Gasteiger partial charge in [-0.3, -0.25) is 9.35 Å². The third-order valence-electron chi connectivity index (χ3n) is 6.51. The summed E-state index contributed by atoms with van der Waals surface area (Å²) < 4.78 is 36.3. The first kappa shape index (κ1) is 29.8. The number of hydrogen-bond acceptors (Lipinski definition) is 5. The molecule has 1 heterocycles. The third kappa shape index (κ3) is 7.95. The number of nitrogens with zero attached hydrogens (tertiary/aromatic N) is 1. The maximum absolute atomic E-state index is 12.4. The summed E-state index contributed by atoms with van der Waals surface area (Å²) >= 11 is 12.4. The van der Waals surface area contributed by atoms with Crippen molar-refractivity contribution in [3.8, 4) is 11.3 Å². The van der Waals surface area contributed by atoms with Gasteiger partial charge in [-0.15, -0.1) is 0 Å². The molecule has 0 aliphatic rings. The van der Waals surface area contributed by atoms with Crippen molar-refractivity contribution in [3.05, 3.63) is 111 Å². The lowest BCUT2D eigenvalue weighted by atomic mass is 9.83. The van der Waals surface area contributed by atoms with Crippen molar-refractivity contribution in [2.24, 2.45) is 0 Å². The predicted octanol–water partition coefficient (Wildman–Crippen LogP) is 6.94. The van der Waals surface area contributed by atoms with E-state index < -0.39 is 21.8 Å². The van der Waals surface area contributed by atoms with Crippen molar-refractivity contribution >= 4 is 39.2 Å². The first-order valence-electron chi connectivity index (χ1n) is 12.6. The van der Waals surface area contributed by atoms with Gasteiger partial charge in [0, 0.05) is 39.7 Å². The normalized spacial score (nSPS) is 12.8. The Labute approximate surface area is 244 Å². The Kier molecular flexibility index (Phi) is 9.05. The maximum Gasteiger partial charge on any atom is 0.266 e. The number of nitrogens with one attached hydrogen (secondary N) is 1. The molecule has 0 fully saturated rings. The maximum atomic E-state index is 12.4. The minimum atomic E-state index is -4.15. The molecule has 3 aromatic carbocycles. The van der Waals surface area contributed by atoms with Gasteiger partial charge in [0.05, 0.1) is 11.4 Å². The molecule has 0 radical (unpaired) electrons. The fourth-order valence-electron chi connectivity index (χ4n) is 4.32. The molecule has 1 atom stereocenters. The van der Waals surface area contributed by atoms with Gasteiger partial charge in [-0.05, 0) is 58.9 Å². The standard InChI is InChI=1S/C30H30Cl2N2O5S/c1-30(2,3)23-10-8-20(9-11-23)26(27-18-28(39-34-27)22-15-24(31)17-25(32)16-22)14-19-4-6-21(7-5-19)29(35)33-12-13-40(36,37)38/h4-11,15-18,26H,12-14H2,1-3H3,(H,33,35)(H,36,37,38). The highest BCUT2D eigenvalue weighted by molar-refractivity contribution is 7.85. The molecule has 0 saturated carbocycles. The van der Waals surface area contributed by atoms with Gasteiger partial charge < -0.3 is 9.84 Å². The summed E-state index contributed by atoms with van der Waals surface area (Å²) in [4.78, 5) is 12.4. The van der Waals surface area contributed by atoms with E-state index in [1.807, 2.05) is 18.2 Å². The van der Waals surface area contributed by atoms with Gasteiger partial charge in [-0.25, -0.2) is 0 Å². The van der Waals surface area contributed by atoms with Crippen molar-refractivity contribution < 1.29 is 22.3 Å². The summed E-state index contributed by atoms with van der Waals surface area (Å²) in [6.45, 7) is 6.32. The van der Waals surface area contributed by atoms with Crippen LogP contribution in [-0.4, -0.2) is 36.3 Å². The first-order chi connectivity index (χ1) is 18.8. The number of carbonyl (C=O) groups is 1. The van der Waals surface area contributed by atoms with Gasteiger partial charge in [0.1, 0.15) is 0 Å². The smallest absolute Gasteiger partial charge is 0.266 e. The molecule has 4 aromatic rings. The van der Waals surface area contributed by atoms with E-state index >= 15 is 0 Å². The van der Waals surface area contributed by atoms with Crippen LogP contribution in [0.25, 0.3) is 11.3 Å². The molecular formula is C30H30Cl2N2O5S. The fraction of sp³-hybridized carbons (Fsp3) is 0.267. The van der Waals surface area contributed by atoms with Gasteiger partial charge in [0.25, 0.3) is 16.0 Å². The number of benzene rings is 3. The van der Waals surface area contributed by atoms with Crippen LogP contribution in [0.4, 0.5) is 0 Å². The molecule has 210 valence electrons. The predicted molar refractivity (Wildman–Crippen MR) is 158 cm³/mol. The SMILES string of the molecule is CC(C)(C)c1ccc(C(Cc2ccc(C(=O)NCCS(=O)(=O)O)cc2)c2cc(-c3cc(Cl)cc(Cl)c3)on2)cc1. The van der Waals surface area contributed by atoms with Crippen LogP contribution in [0.5, 0.6) is 0 Å². The molecule has 0 spiro atoms. The van der Waals surface area contributed by atoms with Crippen molar-refractivity contribution in [2.45, 2.75) is 38.5 Å². The van der Waals surface area contributed by atoms with Gasteiger partial charge in [-0.1, -0.05) is 85.5 Å². The van der Waals surface area contributed by atoms with Crippen LogP contribution >= 0.6 is 23.2 Å². The van der Waals surface area contributed by atoms with Crippen molar-refractivity contribution in [2.75, 3.05) is 12.3 Å². The van der Waals surface area contributed by atoms with Crippen LogP contribution in [0.2, 0.25) is 10.0 Å². The van der Waals surface area contributed by atoms with E-state index in [0.717, 1.165) is 22.4 Å². The summed E-state index contributed by atoms with van der Waals surface area (Å²) in [5.41, 5.74) is 5.10. The number of aromatic nitrogens is 1. The van der Waals surface area contributed by atoms with Gasteiger partial charge in [0.15, 0.2) is 5.76 Å². The molecule has 1 amide bonds. The number of carbonyl (C=O) groups excluding carboxylic acids is 1. The molecule has 0 bridgehead atoms. The molecule has 1 aromatic heterocycles. The molecule has 0 aliphatic heterocycles. The van der Waals surface area contributed by atoms with E-state index in [1.54, 1.807) is 30.3 Å². The summed E-state index contributed by atoms with van der Waals surface area (Å²) in [5, 5.41) is 7.89. The van der Waals surface area contributed by atoms with Crippen LogP contribution in [0, 0.1) is 0 Å². The van der Waals surface area contributed by atoms with E-state index in [2.05, 4.69) is 55.5 Å². The minimum Gasteiger partial charge on any atom is -0.356 e. The topological polar surface area (TPSA) is 110 Å². The molecule has 2 N–H and O–H groups in total. The molecule has 0 saturated heterocycles. The fourth-order valence-corrected chi connectivity index (χ4v) is 5.20. The highest BCUT2D eigenvalue weighted by Gasteiger charge is 2.22. The second-order valence-corrected chi connectivity index (χ2v) is 13.1. The zero-order valence-corrected chi connectivity index (χ0v) is 24.6. The highest BCUT2D eigenvalue weighted by atomic mass is 35.5. The van der Waals surface area contributed by atoms with Crippen LogP contribution in [0.1, 0.15) is 59.4 Å². The Balaban J connectivity index is 1.60. The van der Waals surface area contributed by atoms with Gasteiger partial charge in [0.2, 0.25) is 0 Å². The highest BCUT2D eigenvalue weighted by Crippen LogP contribution is 2.34. The molecule has 1 unspecified atom stereocenters. The first-order valence-corrected chi connectivity index (χ1v) is 15.0. The summed E-state index contributed by atoms with van der Waals surface area (Å²) in [7, 11) is -4.15. The average molecular weight is 602 g/mol. The van der Waals surface area contributed by atoms with E-state index in [4.69, 9.17) is 32.3 Å². The Bertz CT molecular complexity index is 1570. The van der Waals surface area contributed by atoms with Crippen molar-refractivity contribution in [1.29, 1.82) is 0 Å². The average Bonchev–Trinajstić information content (AvgIpc) is 3.36. The summed E-state index contributed by atoms with van der Waals surface area (Å²) in [6.07, 6.45) is 0.585. The number of halogens is 2. The van der Waals surface area contributed by atoms with Crippen LogP contribution in [-0.2, 0) is 22.0 Å². The molecular weight excluding hydrogens is 571 g/mol. The third-order valence-corrected chi connectivity index (χ3v) is 7.67. The molecule has 0 aliphatic carbocycles. The largest absolute Gasteiger partial charge is 0.356 e. The van der Waals surface area contributed by atoms with Crippen LogP contribution < -0.4 is 5.32 Å². The zero-order chi connectivity index (χ0) is 29.1. The summed E-state index contributed by atoms with van der Waals surface area (Å²) in [6, 6.07) is 22.6. The van der Waals surface area contributed by atoms with E-state index in [1.165, 1.54) is 5.56 Å². The van der Waals surface area contributed by atoms with Gasteiger partial charge in [-0.2, -0.15) is 8.42 Å². The lowest BCUT2D eigenvalue weighted by Gasteiger charge is -2.21. The monoisotopic (exact) mass is 600 g/mol. The molecule has 4 rings (SSSR count). The Hall–Kier alpha value is -3.17. The van der Waals surface area contributed by atoms with Gasteiger partial charge >= 0.3 is 0 Å². The van der Waals surface area contributed by atoms with E-state index in [0.29, 0.717) is 27.8 Å². The minimum absolute atomic E-state index is 0.0126. The van der Waals surface area contributed by atoms with Crippen LogP contribution in [0.3, 0.4) is 0 Å². The Morgan fingerprint density at radius 2 is 1.60 bits per heavy atom. The second kappa shape index (κ2) is 12.1. The second-order valence-electron chi connectivity index (χ2n) is 10.6. The number of amides is 1. The van der Waals surface area contributed by atoms with Crippen molar-refractivity contribution in [1.82, 2.24) is 10.5 Å². The summed E-state index contributed by atoms with van der Waals surface area (Å²) in [5.74, 6) is -0.567. The quantitative estimate of drug-likeness (QED) is 0.201. The lowest BCUT2D eigenvalue weighted by Crippen LogP contribution is -2.28. The zero-order valence-electron chi connectivity index (χ0n) is 22.3. The van der Waals surface area contributed by atoms with Crippen molar-refractivity contribution in [3.63, 3.8) is 0 Å². The number of hydrogen-bond donors (Lipinski definition) is 2. The van der Waals surface area contributed by atoms with E-state index in [-0.39, 0.29) is 17.9 Å². The van der Waals surface area contributed by atoms with E-state index in [9.17, 15) is 13.2 Å².